The summed E-state index contributed by atoms with van der Waals surface area (Å²) in [6.45, 7) is 6.69. The largest absolute Gasteiger partial charge is 0.350 e. The van der Waals surface area contributed by atoms with E-state index in [-0.39, 0.29) is 30.6 Å². The summed E-state index contributed by atoms with van der Waals surface area (Å²) in [5.41, 5.74) is 4.09. The van der Waals surface area contributed by atoms with E-state index < -0.39 is 0 Å². The van der Waals surface area contributed by atoms with Gasteiger partial charge in [0.15, 0.2) is 0 Å². The number of benzene rings is 2. The molecule has 0 unspecified atom stereocenters. The minimum Gasteiger partial charge on any atom is -0.350 e. The number of carbonyl (C=O) groups is 2. The van der Waals surface area contributed by atoms with Crippen LogP contribution < -0.4 is 5.32 Å². The topological polar surface area (TPSA) is 49.4 Å². The van der Waals surface area contributed by atoms with Gasteiger partial charge < -0.3 is 10.2 Å². The Morgan fingerprint density at radius 2 is 1.65 bits per heavy atom. The summed E-state index contributed by atoms with van der Waals surface area (Å²) in [7, 11) is 0. The fourth-order valence-corrected chi connectivity index (χ4v) is 2.61. The Hall–Kier alpha value is -2.69. The van der Waals surface area contributed by atoms with Gasteiger partial charge in [-0.1, -0.05) is 30.3 Å². The van der Waals surface area contributed by atoms with Gasteiger partial charge >= 0.3 is 0 Å². The highest BCUT2D eigenvalue weighted by molar-refractivity contribution is 5.85. The van der Waals surface area contributed by atoms with Gasteiger partial charge in [0.25, 0.3) is 0 Å². The first-order valence-electron chi connectivity index (χ1n) is 8.74. The van der Waals surface area contributed by atoms with E-state index in [0.29, 0.717) is 13.1 Å². The maximum Gasteiger partial charge on any atom is 0.239 e. The van der Waals surface area contributed by atoms with Crippen molar-refractivity contribution in [1.29, 1.82) is 0 Å². The predicted octanol–water partition coefficient (Wildman–Crippen LogP) is 3.15. The van der Waals surface area contributed by atoms with Crippen LogP contribution in [0.5, 0.6) is 0 Å². The molecule has 0 saturated carbocycles. The third kappa shape index (κ3) is 5.69. The van der Waals surface area contributed by atoms with E-state index in [2.05, 4.69) is 5.32 Å². The van der Waals surface area contributed by atoms with E-state index in [1.54, 1.807) is 12.1 Å². The lowest BCUT2D eigenvalue weighted by atomic mass is 10.0. The number of likely N-dealkylation sites (N-methyl/N-ethyl adjacent to an activating group) is 1. The maximum atomic E-state index is 12.9. The molecular formula is C21H25FN2O2. The smallest absolute Gasteiger partial charge is 0.239 e. The lowest BCUT2D eigenvalue weighted by Crippen LogP contribution is -2.41. The van der Waals surface area contributed by atoms with Crippen LogP contribution in [0.25, 0.3) is 0 Å². The highest BCUT2D eigenvalue weighted by atomic mass is 19.1. The van der Waals surface area contributed by atoms with Crippen LogP contribution in [0, 0.1) is 19.7 Å². The van der Waals surface area contributed by atoms with Gasteiger partial charge in [-0.3, -0.25) is 9.59 Å². The standard InChI is InChI=1S/C21H25FN2O2/c1-4-24(21(26)12-18-6-5-15(2)16(3)11-18)14-20(25)23-13-17-7-9-19(22)10-8-17/h5-11H,4,12-14H2,1-3H3,(H,23,25). The van der Waals surface area contributed by atoms with Crippen LogP contribution >= 0.6 is 0 Å². The molecule has 0 bridgehead atoms. The fourth-order valence-electron chi connectivity index (χ4n) is 2.61. The lowest BCUT2D eigenvalue weighted by molar-refractivity contribution is -0.135. The fraction of sp³-hybridized carbons (Fsp3) is 0.333. The van der Waals surface area contributed by atoms with E-state index in [9.17, 15) is 14.0 Å². The molecule has 26 heavy (non-hydrogen) atoms. The quantitative estimate of drug-likeness (QED) is 0.828. The van der Waals surface area contributed by atoms with Crippen molar-refractivity contribution in [3.63, 3.8) is 0 Å². The number of nitrogens with zero attached hydrogens (tertiary/aromatic N) is 1. The Kier molecular flexibility index (Phi) is 6.89. The monoisotopic (exact) mass is 356 g/mol. The van der Waals surface area contributed by atoms with Crippen molar-refractivity contribution in [2.45, 2.75) is 33.7 Å². The third-order valence-electron chi connectivity index (χ3n) is 4.40. The van der Waals surface area contributed by atoms with E-state index >= 15 is 0 Å². The second-order valence-electron chi connectivity index (χ2n) is 6.41. The molecule has 0 aliphatic carbocycles. The van der Waals surface area contributed by atoms with Crippen molar-refractivity contribution < 1.29 is 14.0 Å². The zero-order valence-electron chi connectivity index (χ0n) is 15.5. The molecule has 0 aliphatic rings. The van der Waals surface area contributed by atoms with Gasteiger partial charge in [-0.25, -0.2) is 4.39 Å². The van der Waals surface area contributed by atoms with E-state index in [4.69, 9.17) is 0 Å². The zero-order valence-corrected chi connectivity index (χ0v) is 15.5. The minimum absolute atomic E-state index is 0.0152. The lowest BCUT2D eigenvalue weighted by Gasteiger charge is -2.20. The number of aryl methyl sites for hydroxylation is 2. The highest BCUT2D eigenvalue weighted by Gasteiger charge is 2.16. The molecule has 1 N–H and O–H groups in total. The molecule has 0 spiro atoms. The first-order valence-corrected chi connectivity index (χ1v) is 8.74. The van der Waals surface area contributed by atoms with E-state index in [1.165, 1.54) is 22.6 Å². The number of rotatable bonds is 7. The molecule has 0 aliphatic heterocycles. The molecule has 0 radical (unpaired) electrons. The van der Waals surface area contributed by atoms with Crippen molar-refractivity contribution in [3.8, 4) is 0 Å². The Labute approximate surface area is 154 Å². The van der Waals surface area contributed by atoms with Crippen LogP contribution in [0.2, 0.25) is 0 Å². The first kappa shape index (κ1) is 19.6. The first-order chi connectivity index (χ1) is 12.4. The summed E-state index contributed by atoms with van der Waals surface area (Å²) in [5, 5.41) is 2.76. The molecule has 4 nitrogen and oxygen atoms in total. The summed E-state index contributed by atoms with van der Waals surface area (Å²) >= 11 is 0. The van der Waals surface area contributed by atoms with Crippen molar-refractivity contribution in [1.82, 2.24) is 10.2 Å². The summed E-state index contributed by atoms with van der Waals surface area (Å²) in [6.07, 6.45) is 0.278. The number of carbonyl (C=O) groups excluding carboxylic acids is 2. The summed E-state index contributed by atoms with van der Waals surface area (Å²) < 4.78 is 12.9. The summed E-state index contributed by atoms with van der Waals surface area (Å²) in [4.78, 5) is 26.2. The maximum absolute atomic E-state index is 12.9. The summed E-state index contributed by atoms with van der Waals surface area (Å²) in [6, 6.07) is 11.9. The normalized spacial score (nSPS) is 10.5. The number of nitrogens with one attached hydrogen (secondary N) is 1. The Morgan fingerprint density at radius 3 is 2.27 bits per heavy atom. The molecular weight excluding hydrogens is 331 g/mol. The van der Waals surface area contributed by atoms with Crippen LogP contribution in [0.4, 0.5) is 4.39 Å². The van der Waals surface area contributed by atoms with Gasteiger partial charge in [-0.2, -0.15) is 0 Å². The van der Waals surface area contributed by atoms with Crippen LogP contribution in [0.15, 0.2) is 42.5 Å². The molecule has 5 heteroatoms. The molecule has 2 aromatic carbocycles. The third-order valence-corrected chi connectivity index (χ3v) is 4.40. The van der Waals surface area contributed by atoms with Crippen LogP contribution in [-0.2, 0) is 22.6 Å². The highest BCUT2D eigenvalue weighted by Crippen LogP contribution is 2.11. The van der Waals surface area contributed by atoms with E-state index in [0.717, 1.165) is 16.7 Å². The molecule has 138 valence electrons. The van der Waals surface area contributed by atoms with Gasteiger partial charge in [0, 0.05) is 13.1 Å². The molecule has 2 aromatic rings. The van der Waals surface area contributed by atoms with Gasteiger partial charge in [-0.05, 0) is 55.2 Å². The number of halogens is 1. The van der Waals surface area contributed by atoms with Crippen molar-refractivity contribution in [3.05, 3.63) is 70.5 Å². The molecule has 2 amide bonds. The molecule has 0 fully saturated rings. The Morgan fingerprint density at radius 1 is 1.00 bits per heavy atom. The molecule has 0 heterocycles. The van der Waals surface area contributed by atoms with Crippen molar-refractivity contribution in [2.24, 2.45) is 0 Å². The second kappa shape index (κ2) is 9.13. The average Bonchev–Trinajstić information content (AvgIpc) is 2.62. The second-order valence-corrected chi connectivity index (χ2v) is 6.41. The van der Waals surface area contributed by atoms with Crippen LogP contribution in [0.1, 0.15) is 29.2 Å². The van der Waals surface area contributed by atoms with Crippen molar-refractivity contribution >= 4 is 11.8 Å². The van der Waals surface area contributed by atoms with Gasteiger partial charge in [0.1, 0.15) is 5.82 Å². The average molecular weight is 356 g/mol. The molecule has 2 rings (SSSR count). The Bertz CT molecular complexity index is 772. The van der Waals surface area contributed by atoms with Gasteiger partial charge in [0.2, 0.25) is 11.8 Å². The molecule has 0 saturated heterocycles. The van der Waals surface area contributed by atoms with Crippen LogP contribution in [0.3, 0.4) is 0 Å². The zero-order chi connectivity index (χ0) is 19.1. The van der Waals surface area contributed by atoms with E-state index in [1.807, 2.05) is 39.0 Å². The minimum atomic E-state index is -0.311. The Balaban J connectivity index is 1.88. The number of hydrogen-bond donors (Lipinski definition) is 1. The predicted molar refractivity (Wildman–Crippen MR) is 100 cm³/mol. The molecule has 0 aromatic heterocycles. The summed E-state index contributed by atoms with van der Waals surface area (Å²) in [5.74, 6) is -0.619. The SMILES string of the molecule is CCN(CC(=O)NCc1ccc(F)cc1)C(=O)Cc1ccc(C)c(C)c1. The van der Waals surface area contributed by atoms with Crippen molar-refractivity contribution in [2.75, 3.05) is 13.1 Å². The van der Waals surface area contributed by atoms with Crippen LogP contribution in [-0.4, -0.2) is 29.8 Å². The van der Waals surface area contributed by atoms with Gasteiger partial charge in [0.05, 0.1) is 13.0 Å². The number of hydrogen-bond acceptors (Lipinski definition) is 2. The molecule has 0 atom stereocenters. The number of amides is 2. The van der Waals surface area contributed by atoms with Gasteiger partial charge in [-0.15, -0.1) is 0 Å².